The van der Waals surface area contributed by atoms with Crippen molar-refractivity contribution in [3.05, 3.63) is 35.7 Å². The summed E-state index contributed by atoms with van der Waals surface area (Å²) in [7, 11) is 0. The van der Waals surface area contributed by atoms with Gasteiger partial charge >= 0.3 is 5.97 Å². The van der Waals surface area contributed by atoms with Crippen LogP contribution >= 0.6 is 11.8 Å². The zero-order chi connectivity index (χ0) is 16.2. The van der Waals surface area contributed by atoms with Crippen LogP contribution in [-0.2, 0) is 5.41 Å². The van der Waals surface area contributed by atoms with E-state index in [9.17, 15) is 4.79 Å². The van der Waals surface area contributed by atoms with Gasteiger partial charge in [0.1, 0.15) is 5.75 Å². The van der Waals surface area contributed by atoms with Crippen LogP contribution in [0.25, 0.3) is 0 Å². The fourth-order valence-corrected chi connectivity index (χ4v) is 2.13. The Morgan fingerprint density at radius 3 is 2.50 bits per heavy atom. The van der Waals surface area contributed by atoms with Gasteiger partial charge < -0.3 is 14.3 Å². The highest BCUT2D eigenvalue weighted by atomic mass is 32.2. The lowest BCUT2D eigenvalue weighted by Crippen LogP contribution is -2.11. The van der Waals surface area contributed by atoms with Crippen LogP contribution in [0.4, 0.5) is 0 Å². The van der Waals surface area contributed by atoms with E-state index in [1.165, 1.54) is 23.9 Å². The number of aromatic carboxylic acids is 1. The normalized spacial score (nSPS) is 11.4. The number of thioether (sulfide) groups is 1. The zero-order valence-electron chi connectivity index (χ0n) is 12.7. The first-order valence-corrected chi connectivity index (χ1v) is 7.78. The fraction of sp³-hybridized carbons (Fsp3) is 0.400. The first-order chi connectivity index (χ1) is 10.4. The lowest BCUT2D eigenvalue weighted by molar-refractivity contribution is 0.0697. The van der Waals surface area contributed by atoms with Gasteiger partial charge in [-0.3, -0.25) is 0 Å². The highest BCUT2D eigenvalue weighted by Gasteiger charge is 2.21. The molecule has 2 aromatic rings. The third kappa shape index (κ3) is 4.49. The summed E-state index contributed by atoms with van der Waals surface area (Å²) in [6, 6.07) is 6.30. The molecule has 6 nitrogen and oxygen atoms in total. The second-order valence-corrected chi connectivity index (χ2v) is 6.70. The van der Waals surface area contributed by atoms with E-state index in [1.807, 2.05) is 20.8 Å². The predicted octanol–water partition coefficient (Wildman–Crippen LogP) is 3.24. The molecule has 0 amide bonds. The maximum Gasteiger partial charge on any atom is 0.335 e. The van der Waals surface area contributed by atoms with Gasteiger partial charge in [0.2, 0.25) is 5.89 Å². The van der Waals surface area contributed by atoms with Crippen molar-refractivity contribution in [2.45, 2.75) is 31.4 Å². The molecule has 0 unspecified atom stereocenters. The SMILES string of the molecule is CC(C)(C)c1nnc(SCCOc2ccc(C(=O)O)cc2)o1. The Labute approximate surface area is 132 Å². The molecule has 0 radical (unpaired) electrons. The number of carboxylic acids is 1. The number of carbonyl (C=O) groups is 1. The minimum absolute atomic E-state index is 0.159. The zero-order valence-corrected chi connectivity index (χ0v) is 13.5. The molecular formula is C15H18N2O4S. The molecule has 0 bridgehead atoms. The van der Waals surface area contributed by atoms with Crippen molar-refractivity contribution >= 4 is 17.7 Å². The molecule has 1 N–H and O–H groups in total. The third-order valence-electron chi connectivity index (χ3n) is 2.73. The van der Waals surface area contributed by atoms with Gasteiger partial charge in [0.25, 0.3) is 5.22 Å². The van der Waals surface area contributed by atoms with Gasteiger partial charge in [0, 0.05) is 11.2 Å². The molecular weight excluding hydrogens is 304 g/mol. The van der Waals surface area contributed by atoms with Crippen molar-refractivity contribution in [3.63, 3.8) is 0 Å². The number of rotatable bonds is 6. The largest absolute Gasteiger partial charge is 0.493 e. The van der Waals surface area contributed by atoms with E-state index in [0.717, 1.165) is 0 Å². The van der Waals surface area contributed by atoms with Crippen LogP contribution in [0, 0.1) is 0 Å². The smallest absolute Gasteiger partial charge is 0.335 e. The molecule has 0 aliphatic rings. The van der Waals surface area contributed by atoms with E-state index < -0.39 is 5.97 Å². The van der Waals surface area contributed by atoms with Gasteiger partial charge in [0.15, 0.2) is 0 Å². The number of nitrogens with zero attached hydrogens (tertiary/aromatic N) is 2. The van der Waals surface area contributed by atoms with Crippen molar-refractivity contribution in [3.8, 4) is 5.75 Å². The second-order valence-electron chi connectivity index (χ2n) is 5.65. The van der Waals surface area contributed by atoms with Crippen LogP contribution in [0.1, 0.15) is 37.0 Å². The second kappa shape index (κ2) is 6.83. The first kappa shape index (κ1) is 16.4. The number of aromatic nitrogens is 2. The molecule has 0 atom stereocenters. The van der Waals surface area contributed by atoms with Crippen LogP contribution in [0.2, 0.25) is 0 Å². The number of ether oxygens (including phenoxy) is 1. The van der Waals surface area contributed by atoms with Gasteiger partial charge in [-0.1, -0.05) is 32.5 Å². The molecule has 0 saturated heterocycles. The van der Waals surface area contributed by atoms with Crippen LogP contribution in [0.3, 0.4) is 0 Å². The Kier molecular flexibility index (Phi) is 5.07. The quantitative estimate of drug-likeness (QED) is 0.645. The Bertz CT molecular complexity index is 632. The number of hydrogen-bond donors (Lipinski definition) is 1. The summed E-state index contributed by atoms with van der Waals surface area (Å²) in [4.78, 5) is 10.7. The fourth-order valence-electron chi connectivity index (χ4n) is 1.55. The van der Waals surface area contributed by atoms with Crippen molar-refractivity contribution < 1.29 is 19.1 Å². The Hall–Kier alpha value is -2.02. The molecule has 1 heterocycles. The van der Waals surface area contributed by atoms with Crippen LogP contribution in [0.15, 0.2) is 33.9 Å². The summed E-state index contributed by atoms with van der Waals surface area (Å²) < 4.78 is 11.1. The average Bonchev–Trinajstić information content (AvgIpc) is 2.93. The molecule has 118 valence electrons. The minimum Gasteiger partial charge on any atom is -0.493 e. The first-order valence-electron chi connectivity index (χ1n) is 6.79. The van der Waals surface area contributed by atoms with E-state index in [1.54, 1.807) is 12.1 Å². The van der Waals surface area contributed by atoms with Gasteiger partial charge in [-0.15, -0.1) is 10.2 Å². The molecule has 0 aliphatic heterocycles. The van der Waals surface area contributed by atoms with Gasteiger partial charge in [-0.05, 0) is 24.3 Å². The van der Waals surface area contributed by atoms with Crippen LogP contribution in [0.5, 0.6) is 5.75 Å². The van der Waals surface area contributed by atoms with Crippen molar-refractivity contribution in [2.24, 2.45) is 0 Å². The highest BCUT2D eigenvalue weighted by molar-refractivity contribution is 7.99. The molecule has 7 heteroatoms. The predicted molar refractivity (Wildman–Crippen MR) is 82.6 cm³/mol. The molecule has 22 heavy (non-hydrogen) atoms. The lowest BCUT2D eigenvalue weighted by atomic mass is 9.97. The van der Waals surface area contributed by atoms with E-state index in [-0.39, 0.29) is 11.0 Å². The van der Waals surface area contributed by atoms with Crippen molar-refractivity contribution in [1.82, 2.24) is 10.2 Å². The average molecular weight is 322 g/mol. The standard InChI is InChI=1S/C15H18N2O4S/c1-15(2,3)13-16-17-14(21-13)22-9-8-20-11-6-4-10(5-7-11)12(18)19/h4-7H,8-9H2,1-3H3,(H,18,19). The summed E-state index contributed by atoms with van der Waals surface area (Å²) >= 11 is 1.43. The maximum absolute atomic E-state index is 10.7. The molecule has 0 fully saturated rings. The van der Waals surface area contributed by atoms with Crippen LogP contribution < -0.4 is 4.74 Å². The Morgan fingerprint density at radius 1 is 1.27 bits per heavy atom. The van der Waals surface area contributed by atoms with Gasteiger partial charge in [-0.2, -0.15) is 0 Å². The maximum atomic E-state index is 10.7. The Balaban J connectivity index is 1.77. The number of hydrogen-bond acceptors (Lipinski definition) is 6. The van der Waals surface area contributed by atoms with Gasteiger partial charge in [-0.25, -0.2) is 4.79 Å². The van der Waals surface area contributed by atoms with E-state index in [4.69, 9.17) is 14.3 Å². The lowest BCUT2D eigenvalue weighted by Gasteiger charge is -2.10. The Morgan fingerprint density at radius 2 is 1.95 bits per heavy atom. The van der Waals surface area contributed by atoms with Gasteiger partial charge in [0.05, 0.1) is 12.2 Å². The number of carboxylic acid groups (broad SMARTS) is 1. The summed E-state index contributed by atoms with van der Waals surface area (Å²) in [5, 5.41) is 17.3. The third-order valence-corrected chi connectivity index (χ3v) is 3.51. The topological polar surface area (TPSA) is 85.5 Å². The summed E-state index contributed by atoms with van der Waals surface area (Å²) in [6.45, 7) is 6.50. The van der Waals surface area contributed by atoms with E-state index in [0.29, 0.717) is 29.2 Å². The minimum atomic E-state index is -0.951. The monoisotopic (exact) mass is 322 g/mol. The van der Waals surface area contributed by atoms with E-state index >= 15 is 0 Å². The molecule has 0 aliphatic carbocycles. The molecule has 0 spiro atoms. The summed E-state index contributed by atoms with van der Waals surface area (Å²) in [5.74, 6) is 0.951. The van der Waals surface area contributed by atoms with Crippen LogP contribution in [-0.4, -0.2) is 33.6 Å². The molecule has 1 aromatic carbocycles. The summed E-state index contributed by atoms with van der Waals surface area (Å²) in [6.07, 6.45) is 0. The molecule has 0 saturated carbocycles. The number of benzene rings is 1. The molecule has 1 aromatic heterocycles. The summed E-state index contributed by atoms with van der Waals surface area (Å²) in [5.41, 5.74) is 0.0797. The van der Waals surface area contributed by atoms with E-state index in [2.05, 4.69) is 10.2 Å². The van der Waals surface area contributed by atoms with Crippen molar-refractivity contribution in [1.29, 1.82) is 0 Å². The molecule has 2 rings (SSSR count). The highest BCUT2D eigenvalue weighted by Crippen LogP contribution is 2.24. The van der Waals surface area contributed by atoms with Crippen molar-refractivity contribution in [2.75, 3.05) is 12.4 Å².